The smallest absolute Gasteiger partial charge is 0.329 e. The Hall–Kier alpha value is -1.55. The molecule has 23 heavy (non-hydrogen) atoms. The predicted molar refractivity (Wildman–Crippen MR) is 90.5 cm³/mol. The number of halogens is 1. The van der Waals surface area contributed by atoms with Gasteiger partial charge in [0.05, 0.1) is 0 Å². The van der Waals surface area contributed by atoms with E-state index < -0.39 is 22.8 Å². The van der Waals surface area contributed by atoms with Gasteiger partial charge >= 0.3 is 5.97 Å². The third kappa shape index (κ3) is 3.86. The van der Waals surface area contributed by atoms with E-state index in [4.69, 9.17) is 11.6 Å². The average molecular weight is 338 g/mol. The van der Waals surface area contributed by atoms with Crippen molar-refractivity contribution in [2.45, 2.75) is 50.9 Å². The van der Waals surface area contributed by atoms with Crippen LogP contribution in [0.5, 0.6) is 0 Å². The van der Waals surface area contributed by atoms with Crippen molar-refractivity contribution in [3.63, 3.8) is 0 Å². The number of alkyl halides is 1. The van der Waals surface area contributed by atoms with Crippen molar-refractivity contribution < 1.29 is 14.7 Å². The quantitative estimate of drug-likeness (QED) is 0.824. The van der Waals surface area contributed by atoms with Crippen LogP contribution in [0.4, 0.5) is 0 Å². The predicted octanol–water partition coefficient (Wildman–Crippen LogP) is 3.67. The minimum atomic E-state index is -1.21. The highest BCUT2D eigenvalue weighted by Gasteiger charge is 2.45. The Labute approximate surface area is 142 Å². The van der Waals surface area contributed by atoms with Crippen LogP contribution >= 0.6 is 11.6 Å². The fraction of sp³-hybridized carbons (Fsp3) is 0.556. The van der Waals surface area contributed by atoms with Crippen LogP contribution in [-0.4, -0.2) is 22.5 Å². The van der Waals surface area contributed by atoms with Crippen molar-refractivity contribution in [3.05, 3.63) is 35.4 Å². The first-order valence-electron chi connectivity index (χ1n) is 8.01. The average Bonchev–Trinajstić information content (AvgIpc) is 2.51. The van der Waals surface area contributed by atoms with E-state index in [-0.39, 0.29) is 5.92 Å². The first-order valence-corrected chi connectivity index (χ1v) is 8.45. The summed E-state index contributed by atoms with van der Waals surface area (Å²) < 4.78 is 0. The van der Waals surface area contributed by atoms with Gasteiger partial charge in [-0.1, -0.05) is 43.7 Å². The van der Waals surface area contributed by atoms with Crippen LogP contribution in [0, 0.1) is 18.8 Å². The number of benzene rings is 1. The van der Waals surface area contributed by atoms with Gasteiger partial charge < -0.3 is 10.4 Å². The van der Waals surface area contributed by atoms with Crippen molar-refractivity contribution in [2.24, 2.45) is 11.8 Å². The molecule has 1 aromatic carbocycles. The van der Waals surface area contributed by atoms with Crippen molar-refractivity contribution in [1.29, 1.82) is 0 Å². The zero-order valence-corrected chi connectivity index (χ0v) is 14.6. The van der Waals surface area contributed by atoms with Gasteiger partial charge in [0.1, 0.15) is 10.9 Å². The number of aliphatic carboxylic acids is 1. The summed E-state index contributed by atoms with van der Waals surface area (Å²) in [5, 5.41) is 11.5. The van der Waals surface area contributed by atoms with Crippen molar-refractivity contribution in [3.8, 4) is 0 Å². The van der Waals surface area contributed by atoms with E-state index >= 15 is 0 Å². The van der Waals surface area contributed by atoms with Gasteiger partial charge in [-0.3, -0.25) is 4.79 Å². The number of hydrogen-bond acceptors (Lipinski definition) is 2. The molecule has 1 saturated carbocycles. The lowest BCUT2D eigenvalue weighted by atomic mass is 9.71. The summed E-state index contributed by atoms with van der Waals surface area (Å²) in [4.78, 5) is 24.3. The Bertz CT molecular complexity index is 586. The molecule has 5 heteroatoms. The lowest BCUT2D eigenvalue weighted by molar-refractivity contribution is -0.150. The maximum Gasteiger partial charge on any atom is 0.329 e. The van der Waals surface area contributed by atoms with Gasteiger partial charge in [-0.15, -0.1) is 11.6 Å². The molecule has 0 aromatic heterocycles. The summed E-state index contributed by atoms with van der Waals surface area (Å²) in [6, 6.07) is 7.36. The van der Waals surface area contributed by atoms with Crippen LogP contribution in [0.2, 0.25) is 0 Å². The van der Waals surface area contributed by atoms with E-state index in [0.717, 1.165) is 12.0 Å². The lowest BCUT2D eigenvalue weighted by Crippen LogP contribution is -2.58. The number of aryl methyl sites for hydroxylation is 1. The Morgan fingerprint density at radius 3 is 2.39 bits per heavy atom. The molecule has 4 unspecified atom stereocenters. The van der Waals surface area contributed by atoms with E-state index in [1.165, 1.54) is 0 Å². The largest absolute Gasteiger partial charge is 0.480 e. The topological polar surface area (TPSA) is 66.4 Å². The van der Waals surface area contributed by atoms with Gasteiger partial charge in [0.25, 0.3) is 0 Å². The van der Waals surface area contributed by atoms with E-state index in [9.17, 15) is 14.7 Å². The number of carboxylic acid groups (broad SMARTS) is 1. The summed E-state index contributed by atoms with van der Waals surface area (Å²) in [7, 11) is 0. The zero-order chi connectivity index (χ0) is 17.2. The standard InChI is InChI=1S/C18H24ClNO3/c1-11-4-6-14(7-5-11)15(19)16(21)20-18(17(22)23)9-8-12(2)13(3)10-18/h4-7,12-13,15H,8-10H2,1-3H3,(H,20,21)(H,22,23). The molecule has 0 radical (unpaired) electrons. The second-order valence-corrected chi connectivity index (χ2v) is 7.28. The number of carbonyl (C=O) groups excluding carboxylic acids is 1. The van der Waals surface area contributed by atoms with E-state index in [0.29, 0.717) is 24.3 Å². The Morgan fingerprint density at radius 1 is 1.26 bits per heavy atom. The SMILES string of the molecule is Cc1ccc(C(Cl)C(=O)NC2(C(=O)O)CCC(C)C(C)C2)cc1. The van der Waals surface area contributed by atoms with Crippen LogP contribution in [0.1, 0.15) is 49.6 Å². The number of carbonyl (C=O) groups is 2. The van der Waals surface area contributed by atoms with Crippen LogP contribution in [0.3, 0.4) is 0 Å². The Balaban J connectivity index is 2.15. The van der Waals surface area contributed by atoms with Gasteiger partial charge in [-0.2, -0.15) is 0 Å². The number of hydrogen-bond donors (Lipinski definition) is 2. The van der Waals surface area contributed by atoms with Crippen molar-refractivity contribution >= 4 is 23.5 Å². The molecule has 1 aliphatic rings. The first-order chi connectivity index (χ1) is 10.7. The molecule has 1 aromatic rings. The van der Waals surface area contributed by atoms with E-state index in [1.54, 1.807) is 12.1 Å². The van der Waals surface area contributed by atoms with Crippen LogP contribution in [0.25, 0.3) is 0 Å². The second kappa shape index (κ2) is 6.91. The molecule has 0 saturated heterocycles. The highest BCUT2D eigenvalue weighted by atomic mass is 35.5. The van der Waals surface area contributed by atoms with Crippen LogP contribution in [-0.2, 0) is 9.59 Å². The van der Waals surface area contributed by atoms with Gasteiger partial charge in [0, 0.05) is 0 Å². The van der Waals surface area contributed by atoms with E-state index in [2.05, 4.69) is 12.2 Å². The molecule has 4 nitrogen and oxygen atoms in total. The first kappa shape index (κ1) is 17.8. The maximum atomic E-state index is 12.5. The van der Waals surface area contributed by atoms with Crippen LogP contribution < -0.4 is 5.32 Å². The van der Waals surface area contributed by atoms with Crippen molar-refractivity contribution in [2.75, 3.05) is 0 Å². The molecule has 2 N–H and O–H groups in total. The lowest BCUT2D eigenvalue weighted by Gasteiger charge is -2.40. The summed E-state index contributed by atoms with van der Waals surface area (Å²) in [5.41, 5.74) is 0.545. The summed E-state index contributed by atoms with van der Waals surface area (Å²) >= 11 is 6.25. The number of carboxylic acids is 1. The summed E-state index contributed by atoms with van der Waals surface area (Å²) in [5.74, 6) is -0.714. The fourth-order valence-corrected chi connectivity index (χ4v) is 3.36. The Morgan fingerprint density at radius 2 is 1.87 bits per heavy atom. The molecule has 0 spiro atoms. The fourth-order valence-electron chi connectivity index (χ4n) is 3.16. The number of rotatable bonds is 4. The van der Waals surface area contributed by atoms with Gasteiger partial charge in [0.2, 0.25) is 5.91 Å². The molecule has 2 rings (SSSR count). The Kier molecular flexibility index (Phi) is 5.35. The molecule has 0 heterocycles. The second-order valence-electron chi connectivity index (χ2n) is 6.85. The molecule has 0 bridgehead atoms. The summed E-state index contributed by atoms with van der Waals surface area (Å²) in [6.07, 6.45) is 1.66. The van der Waals surface area contributed by atoms with Crippen molar-refractivity contribution in [1.82, 2.24) is 5.32 Å². The molecule has 0 aliphatic heterocycles. The molecular weight excluding hydrogens is 314 g/mol. The number of nitrogens with one attached hydrogen (secondary N) is 1. The van der Waals surface area contributed by atoms with Gasteiger partial charge in [-0.25, -0.2) is 4.79 Å². The molecule has 1 aliphatic carbocycles. The van der Waals surface area contributed by atoms with Crippen LogP contribution in [0.15, 0.2) is 24.3 Å². The molecule has 4 atom stereocenters. The molecular formula is C18H24ClNO3. The monoisotopic (exact) mass is 337 g/mol. The molecule has 126 valence electrons. The molecule has 1 fully saturated rings. The minimum Gasteiger partial charge on any atom is -0.480 e. The van der Waals surface area contributed by atoms with E-state index in [1.807, 2.05) is 26.0 Å². The summed E-state index contributed by atoms with van der Waals surface area (Å²) in [6.45, 7) is 6.11. The maximum absolute atomic E-state index is 12.5. The van der Waals surface area contributed by atoms with Gasteiger partial charge in [0.15, 0.2) is 0 Å². The highest BCUT2D eigenvalue weighted by molar-refractivity contribution is 6.31. The highest BCUT2D eigenvalue weighted by Crippen LogP contribution is 2.37. The number of amides is 1. The minimum absolute atomic E-state index is 0.244. The third-order valence-electron chi connectivity index (χ3n) is 5.04. The zero-order valence-electron chi connectivity index (χ0n) is 13.8. The third-order valence-corrected chi connectivity index (χ3v) is 5.49. The normalized spacial score (nSPS) is 28.9. The van der Waals surface area contributed by atoms with Gasteiger partial charge in [-0.05, 0) is 43.6 Å². The molecule has 1 amide bonds.